The van der Waals surface area contributed by atoms with Crippen molar-refractivity contribution < 1.29 is 9.90 Å². The quantitative estimate of drug-likeness (QED) is 0.671. The number of nitrogens with one attached hydrogen (secondary N) is 1. The lowest BCUT2D eigenvalue weighted by atomic mass is 10.1. The molecule has 0 aliphatic heterocycles. The average Bonchev–Trinajstić information content (AvgIpc) is 3.09. The predicted molar refractivity (Wildman–Crippen MR) is 104 cm³/mol. The molecule has 0 fully saturated rings. The standard InChI is InChI=1S/C20H25N5O2/c1-4-24(5-2)12-15-10-21-19-18(11-22-25(19)13-15)20(27)23-14(3)16-6-8-17(26)9-7-16/h6-11,13-14,26H,4-5,12H2,1-3H3,(H,23,27). The first-order valence-electron chi connectivity index (χ1n) is 9.16. The van der Waals surface area contributed by atoms with Gasteiger partial charge in [0.2, 0.25) is 0 Å². The minimum atomic E-state index is -0.227. The van der Waals surface area contributed by atoms with Crippen molar-refractivity contribution in [2.75, 3.05) is 13.1 Å². The van der Waals surface area contributed by atoms with Crippen LogP contribution in [-0.2, 0) is 6.54 Å². The van der Waals surface area contributed by atoms with Gasteiger partial charge in [0.15, 0.2) is 5.65 Å². The number of aromatic hydroxyl groups is 1. The fourth-order valence-corrected chi connectivity index (χ4v) is 2.98. The number of phenolic OH excluding ortho intramolecular Hbond substituents is 1. The summed E-state index contributed by atoms with van der Waals surface area (Å²) in [6.07, 6.45) is 5.26. The SMILES string of the molecule is CCN(CC)Cc1cnc2c(C(=O)NC(C)c3ccc(O)cc3)cnn2c1. The van der Waals surface area contributed by atoms with Gasteiger partial charge in [-0.2, -0.15) is 5.10 Å². The van der Waals surface area contributed by atoms with E-state index in [9.17, 15) is 9.90 Å². The smallest absolute Gasteiger partial charge is 0.257 e. The number of hydrogen-bond acceptors (Lipinski definition) is 5. The van der Waals surface area contributed by atoms with Crippen LogP contribution in [0.15, 0.2) is 42.9 Å². The maximum Gasteiger partial charge on any atom is 0.257 e. The van der Waals surface area contributed by atoms with Crippen molar-refractivity contribution in [1.82, 2.24) is 24.8 Å². The van der Waals surface area contributed by atoms with Crippen molar-refractivity contribution in [3.8, 4) is 5.75 Å². The summed E-state index contributed by atoms with van der Waals surface area (Å²) in [7, 11) is 0. The van der Waals surface area contributed by atoms with Crippen LogP contribution < -0.4 is 5.32 Å². The largest absolute Gasteiger partial charge is 0.508 e. The molecule has 2 aromatic heterocycles. The second kappa shape index (κ2) is 8.18. The zero-order valence-electron chi connectivity index (χ0n) is 15.9. The molecular weight excluding hydrogens is 342 g/mol. The van der Waals surface area contributed by atoms with Crippen molar-refractivity contribution in [1.29, 1.82) is 0 Å². The van der Waals surface area contributed by atoms with Gasteiger partial charge >= 0.3 is 0 Å². The summed E-state index contributed by atoms with van der Waals surface area (Å²) in [6.45, 7) is 8.88. The van der Waals surface area contributed by atoms with E-state index in [-0.39, 0.29) is 17.7 Å². The lowest BCUT2D eigenvalue weighted by Crippen LogP contribution is -2.26. The molecule has 3 rings (SSSR count). The molecule has 1 unspecified atom stereocenters. The van der Waals surface area contributed by atoms with Gasteiger partial charge in [0.1, 0.15) is 11.3 Å². The molecule has 7 heteroatoms. The van der Waals surface area contributed by atoms with Crippen molar-refractivity contribution in [3.63, 3.8) is 0 Å². The highest BCUT2D eigenvalue weighted by molar-refractivity contribution is 5.99. The predicted octanol–water partition coefficient (Wildman–Crippen LogP) is 2.77. The molecule has 2 N–H and O–H groups in total. The van der Waals surface area contributed by atoms with Crippen molar-refractivity contribution in [2.24, 2.45) is 0 Å². The Kier molecular flexibility index (Phi) is 5.71. The fourth-order valence-electron chi connectivity index (χ4n) is 2.98. The van der Waals surface area contributed by atoms with Gasteiger partial charge < -0.3 is 10.4 Å². The number of phenols is 1. The van der Waals surface area contributed by atoms with Gasteiger partial charge in [-0.15, -0.1) is 0 Å². The van der Waals surface area contributed by atoms with Crippen LogP contribution in [0.25, 0.3) is 5.65 Å². The molecule has 3 aromatic rings. The maximum atomic E-state index is 12.7. The molecule has 0 saturated carbocycles. The number of fused-ring (bicyclic) bond motifs is 1. The Hall–Kier alpha value is -2.93. The molecule has 7 nitrogen and oxygen atoms in total. The van der Waals surface area contributed by atoms with Crippen LogP contribution in [0.1, 0.15) is 48.3 Å². The summed E-state index contributed by atoms with van der Waals surface area (Å²) < 4.78 is 1.65. The van der Waals surface area contributed by atoms with Crippen LogP contribution in [0.3, 0.4) is 0 Å². The molecule has 1 amide bonds. The molecule has 27 heavy (non-hydrogen) atoms. The van der Waals surface area contributed by atoms with E-state index in [4.69, 9.17) is 0 Å². The Labute approximate surface area is 158 Å². The van der Waals surface area contributed by atoms with Crippen LogP contribution in [0.2, 0.25) is 0 Å². The fraction of sp³-hybridized carbons (Fsp3) is 0.350. The number of hydrogen-bond donors (Lipinski definition) is 2. The molecule has 0 saturated heterocycles. The average molecular weight is 367 g/mol. The first-order valence-corrected chi connectivity index (χ1v) is 9.16. The van der Waals surface area contributed by atoms with E-state index in [1.807, 2.05) is 13.1 Å². The van der Waals surface area contributed by atoms with Gasteiger partial charge in [-0.25, -0.2) is 9.50 Å². The van der Waals surface area contributed by atoms with Crippen LogP contribution in [0, 0.1) is 0 Å². The first kappa shape index (κ1) is 18.8. The molecule has 0 aliphatic carbocycles. The van der Waals surface area contributed by atoms with E-state index < -0.39 is 0 Å². The number of rotatable bonds is 7. The topological polar surface area (TPSA) is 82.8 Å². The minimum Gasteiger partial charge on any atom is -0.508 e. The van der Waals surface area contributed by atoms with Crippen LogP contribution >= 0.6 is 0 Å². The number of benzene rings is 1. The van der Waals surface area contributed by atoms with E-state index in [0.29, 0.717) is 11.2 Å². The lowest BCUT2D eigenvalue weighted by Gasteiger charge is -2.17. The minimum absolute atomic E-state index is 0.199. The Morgan fingerprint density at radius 3 is 2.59 bits per heavy atom. The molecule has 142 valence electrons. The van der Waals surface area contributed by atoms with E-state index in [0.717, 1.165) is 30.8 Å². The number of carbonyl (C=O) groups excluding carboxylic acids is 1. The van der Waals surface area contributed by atoms with Gasteiger partial charge in [0, 0.05) is 24.5 Å². The van der Waals surface area contributed by atoms with Gasteiger partial charge in [-0.1, -0.05) is 26.0 Å². The Morgan fingerprint density at radius 2 is 1.93 bits per heavy atom. The monoisotopic (exact) mass is 367 g/mol. The van der Waals surface area contributed by atoms with Crippen LogP contribution in [0.5, 0.6) is 5.75 Å². The summed E-state index contributed by atoms with van der Waals surface area (Å²) >= 11 is 0. The third-order valence-corrected chi connectivity index (χ3v) is 4.70. The summed E-state index contributed by atoms with van der Waals surface area (Å²) in [5, 5.41) is 16.6. The zero-order valence-corrected chi connectivity index (χ0v) is 15.9. The van der Waals surface area contributed by atoms with Crippen LogP contribution in [-0.4, -0.2) is 43.6 Å². The third kappa shape index (κ3) is 4.25. The molecule has 0 spiro atoms. The van der Waals surface area contributed by atoms with Crippen LogP contribution in [0.4, 0.5) is 0 Å². The number of nitrogens with zero attached hydrogens (tertiary/aromatic N) is 4. The molecule has 1 atom stereocenters. The number of carbonyl (C=O) groups is 1. The van der Waals surface area contributed by atoms with Crippen molar-refractivity contribution in [3.05, 3.63) is 59.5 Å². The first-order chi connectivity index (χ1) is 13.0. The zero-order chi connectivity index (χ0) is 19.4. The van der Waals surface area contributed by atoms with E-state index in [2.05, 4.69) is 34.1 Å². The third-order valence-electron chi connectivity index (χ3n) is 4.70. The Bertz CT molecular complexity index is 916. The van der Waals surface area contributed by atoms with Gasteiger partial charge in [-0.05, 0) is 37.7 Å². The van der Waals surface area contributed by atoms with Gasteiger partial charge in [-0.3, -0.25) is 9.69 Å². The molecule has 1 aromatic carbocycles. The maximum absolute atomic E-state index is 12.7. The molecule has 0 aliphatic rings. The summed E-state index contributed by atoms with van der Waals surface area (Å²) in [5.74, 6) is -0.0285. The molecule has 0 bridgehead atoms. The normalized spacial score (nSPS) is 12.4. The highest BCUT2D eigenvalue weighted by atomic mass is 16.3. The summed E-state index contributed by atoms with van der Waals surface area (Å²) in [4.78, 5) is 19.4. The molecule has 0 radical (unpaired) electrons. The van der Waals surface area contributed by atoms with E-state index in [1.165, 1.54) is 0 Å². The van der Waals surface area contributed by atoms with E-state index >= 15 is 0 Å². The number of aromatic nitrogens is 3. The second-order valence-corrected chi connectivity index (χ2v) is 6.54. The highest BCUT2D eigenvalue weighted by Crippen LogP contribution is 2.18. The number of amides is 1. The second-order valence-electron chi connectivity index (χ2n) is 6.54. The summed E-state index contributed by atoms with van der Waals surface area (Å²) in [5.41, 5.74) is 2.94. The highest BCUT2D eigenvalue weighted by Gasteiger charge is 2.17. The Morgan fingerprint density at radius 1 is 1.22 bits per heavy atom. The summed E-state index contributed by atoms with van der Waals surface area (Å²) in [6, 6.07) is 6.58. The molecule has 2 heterocycles. The lowest BCUT2D eigenvalue weighted by molar-refractivity contribution is 0.0941. The van der Waals surface area contributed by atoms with Gasteiger partial charge in [0.05, 0.1) is 12.2 Å². The Balaban J connectivity index is 1.76. The van der Waals surface area contributed by atoms with Crippen molar-refractivity contribution in [2.45, 2.75) is 33.4 Å². The molecular formula is C20H25N5O2. The van der Waals surface area contributed by atoms with Crippen molar-refractivity contribution >= 4 is 11.6 Å². The van der Waals surface area contributed by atoms with Gasteiger partial charge in [0.25, 0.3) is 5.91 Å². The van der Waals surface area contributed by atoms with E-state index in [1.54, 1.807) is 41.2 Å².